The molecule has 0 saturated carbocycles. The molecule has 0 radical (unpaired) electrons. The van der Waals surface area contributed by atoms with E-state index in [2.05, 4.69) is 17.1 Å². The number of aryl methyl sites for hydroxylation is 1. The van der Waals surface area contributed by atoms with Gasteiger partial charge in [0.1, 0.15) is 42.7 Å². The van der Waals surface area contributed by atoms with E-state index in [1.807, 2.05) is 19.1 Å². The van der Waals surface area contributed by atoms with Gasteiger partial charge in [0.15, 0.2) is 6.04 Å². The summed E-state index contributed by atoms with van der Waals surface area (Å²) in [6, 6.07) is 6.57. The van der Waals surface area contributed by atoms with Gasteiger partial charge in [-0.2, -0.15) is 4.52 Å². The number of likely N-dealkylation sites (N-methyl/N-ethyl adjacent to an activating group) is 1. The van der Waals surface area contributed by atoms with Crippen molar-refractivity contribution in [2.24, 2.45) is 0 Å². The van der Waals surface area contributed by atoms with Crippen LogP contribution in [0.5, 0.6) is 5.88 Å². The van der Waals surface area contributed by atoms with Crippen molar-refractivity contribution in [3.05, 3.63) is 46.3 Å². The smallest absolute Gasteiger partial charge is 0.235 e. The standard InChI is InChI=1S/C17H20FN5OS/c1-11-19-17-23(20-11)16(24)15(25-17)14(12-3-5-13(18)6-4-12)22-9-7-21(2)8-10-22/h3-6,14,24H,7-10H2,1-2H3/p+2/t14-/m1/s1. The number of benzene rings is 1. The van der Waals surface area contributed by atoms with E-state index in [-0.39, 0.29) is 17.7 Å². The van der Waals surface area contributed by atoms with Crippen molar-refractivity contribution in [2.45, 2.75) is 13.0 Å². The molecule has 6 nitrogen and oxygen atoms in total. The lowest BCUT2D eigenvalue weighted by Crippen LogP contribution is -3.27. The molecule has 0 spiro atoms. The van der Waals surface area contributed by atoms with Gasteiger partial charge in [-0.3, -0.25) is 0 Å². The van der Waals surface area contributed by atoms with Crippen LogP contribution in [0, 0.1) is 12.7 Å². The van der Waals surface area contributed by atoms with Crippen molar-refractivity contribution in [2.75, 3.05) is 33.2 Å². The fraction of sp³-hybridized carbons (Fsp3) is 0.412. The maximum atomic E-state index is 13.4. The number of hydrogen-bond donors (Lipinski definition) is 3. The quantitative estimate of drug-likeness (QED) is 0.585. The Balaban J connectivity index is 1.79. The van der Waals surface area contributed by atoms with Crippen LogP contribution in [-0.2, 0) is 0 Å². The monoisotopic (exact) mass is 363 g/mol. The number of thiazole rings is 1. The minimum absolute atomic E-state index is 0.0393. The number of rotatable bonds is 3. The average Bonchev–Trinajstić information content (AvgIpc) is 3.09. The summed E-state index contributed by atoms with van der Waals surface area (Å²) in [4.78, 5) is 8.81. The number of quaternary nitrogens is 2. The molecule has 2 aromatic heterocycles. The Hall–Kier alpha value is -2.03. The third-order valence-electron chi connectivity index (χ3n) is 4.93. The summed E-state index contributed by atoms with van der Waals surface area (Å²) in [6.07, 6.45) is 0. The van der Waals surface area contributed by atoms with Crippen molar-refractivity contribution in [3.63, 3.8) is 0 Å². The summed E-state index contributed by atoms with van der Waals surface area (Å²) in [5.41, 5.74) is 1.01. The first kappa shape index (κ1) is 16.4. The van der Waals surface area contributed by atoms with E-state index in [4.69, 9.17) is 0 Å². The van der Waals surface area contributed by atoms with Crippen LogP contribution in [0.25, 0.3) is 4.96 Å². The van der Waals surface area contributed by atoms with Crippen LogP contribution in [0.2, 0.25) is 0 Å². The average molecular weight is 363 g/mol. The van der Waals surface area contributed by atoms with E-state index in [0.29, 0.717) is 10.8 Å². The highest BCUT2D eigenvalue weighted by atomic mass is 32.1. The molecule has 3 N–H and O–H groups in total. The number of nitrogens with zero attached hydrogens (tertiary/aromatic N) is 3. The molecule has 1 saturated heterocycles. The zero-order valence-electron chi connectivity index (χ0n) is 14.3. The molecule has 1 fully saturated rings. The van der Waals surface area contributed by atoms with Crippen LogP contribution in [0.3, 0.4) is 0 Å². The molecule has 25 heavy (non-hydrogen) atoms. The molecule has 0 aliphatic carbocycles. The molecule has 0 bridgehead atoms. The van der Waals surface area contributed by atoms with Crippen LogP contribution in [-0.4, -0.2) is 52.9 Å². The predicted octanol–water partition coefficient (Wildman–Crippen LogP) is -0.553. The van der Waals surface area contributed by atoms with Crippen molar-refractivity contribution in [3.8, 4) is 5.88 Å². The fourth-order valence-corrected chi connectivity index (χ4v) is 4.74. The van der Waals surface area contributed by atoms with Gasteiger partial charge in [0.25, 0.3) is 0 Å². The molecule has 3 heterocycles. The summed E-state index contributed by atoms with van der Waals surface area (Å²) in [7, 11) is 2.20. The highest BCUT2D eigenvalue weighted by molar-refractivity contribution is 7.17. The molecule has 1 aromatic carbocycles. The SMILES string of the molecule is Cc1nc2sc([C@@H](c3ccc(F)cc3)[NH+]3CC[NH+](C)CC3)c(O)n2n1. The second kappa shape index (κ2) is 6.36. The summed E-state index contributed by atoms with van der Waals surface area (Å²) in [6.45, 7) is 5.96. The van der Waals surface area contributed by atoms with E-state index in [9.17, 15) is 9.50 Å². The minimum Gasteiger partial charge on any atom is -0.492 e. The Kier molecular flexibility index (Phi) is 4.18. The molecule has 4 rings (SSSR count). The molecule has 0 amide bonds. The van der Waals surface area contributed by atoms with Crippen LogP contribution in [0.4, 0.5) is 4.39 Å². The molecular weight excluding hydrogens is 341 g/mol. The van der Waals surface area contributed by atoms with Gasteiger partial charge in [0.2, 0.25) is 10.8 Å². The Bertz CT molecular complexity index is 882. The van der Waals surface area contributed by atoms with Gasteiger partial charge in [0.05, 0.1) is 7.05 Å². The maximum Gasteiger partial charge on any atom is 0.235 e. The summed E-state index contributed by atoms with van der Waals surface area (Å²) >= 11 is 1.46. The molecule has 1 atom stereocenters. The van der Waals surface area contributed by atoms with Gasteiger partial charge in [-0.15, -0.1) is 5.10 Å². The number of halogens is 1. The number of aromatic nitrogens is 3. The first-order chi connectivity index (χ1) is 12.0. The molecular formula is C17H22FN5OS+2. The van der Waals surface area contributed by atoms with Gasteiger partial charge in [-0.25, -0.2) is 9.37 Å². The first-order valence-electron chi connectivity index (χ1n) is 8.49. The third kappa shape index (κ3) is 3.01. The Morgan fingerprint density at radius 2 is 1.88 bits per heavy atom. The zero-order chi connectivity index (χ0) is 17.6. The van der Waals surface area contributed by atoms with Gasteiger partial charge in [-0.1, -0.05) is 11.3 Å². The third-order valence-corrected chi connectivity index (χ3v) is 6.01. The van der Waals surface area contributed by atoms with E-state index < -0.39 is 0 Å². The van der Waals surface area contributed by atoms with E-state index in [1.54, 1.807) is 0 Å². The van der Waals surface area contributed by atoms with Gasteiger partial charge in [-0.05, 0) is 31.2 Å². The van der Waals surface area contributed by atoms with Crippen LogP contribution < -0.4 is 9.80 Å². The van der Waals surface area contributed by atoms with E-state index >= 15 is 0 Å². The molecule has 3 aromatic rings. The van der Waals surface area contributed by atoms with Crippen LogP contribution in [0.15, 0.2) is 24.3 Å². The zero-order valence-corrected chi connectivity index (χ0v) is 15.1. The van der Waals surface area contributed by atoms with Gasteiger partial charge in [0, 0.05) is 5.56 Å². The van der Waals surface area contributed by atoms with Crippen molar-refractivity contribution >= 4 is 16.3 Å². The first-order valence-corrected chi connectivity index (χ1v) is 9.31. The lowest BCUT2D eigenvalue weighted by Gasteiger charge is -2.33. The Labute approximate surface area is 149 Å². The molecule has 8 heteroatoms. The number of hydrogen-bond acceptors (Lipinski definition) is 4. The molecule has 0 unspecified atom stereocenters. The molecule has 1 aliphatic rings. The molecule has 132 valence electrons. The number of piperazine rings is 1. The fourth-order valence-electron chi connectivity index (χ4n) is 3.55. The normalized spacial score (nSPS) is 22.4. The largest absolute Gasteiger partial charge is 0.492 e. The highest BCUT2D eigenvalue weighted by Crippen LogP contribution is 2.35. The van der Waals surface area contributed by atoms with Crippen LogP contribution in [0.1, 0.15) is 22.3 Å². The van der Waals surface area contributed by atoms with Crippen LogP contribution >= 0.6 is 11.3 Å². The highest BCUT2D eigenvalue weighted by Gasteiger charge is 2.35. The number of nitrogens with one attached hydrogen (secondary N) is 2. The lowest BCUT2D eigenvalue weighted by atomic mass is 10.0. The predicted molar refractivity (Wildman–Crippen MR) is 92.8 cm³/mol. The molecule has 1 aliphatic heterocycles. The Morgan fingerprint density at radius 1 is 1.20 bits per heavy atom. The maximum absolute atomic E-state index is 13.4. The summed E-state index contributed by atoms with van der Waals surface area (Å²) in [5, 5.41) is 15.0. The lowest BCUT2D eigenvalue weighted by molar-refractivity contribution is -1.02. The summed E-state index contributed by atoms with van der Waals surface area (Å²) < 4.78 is 14.9. The van der Waals surface area contributed by atoms with Gasteiger partial charge < -0.3 is 14.9 Å². The second-order valence-corrected chi connectivity index (χ2v) is 7.75. The van der Waals surface area contributed by atoms with Gasteiger partial charge >= 0.3 is 0 Å². The second-order valence-electron chi connectivity index (χ2n) is 6.74. The van der Waals surface area contributed by atoms with E-state index in [1.165, 1.54) is 37.8 Å². The number of aromatic hydroxyl groups is 1. The minimum atomic E-state index is -0.247. The topological polar surface area (TPSA) is 59.3 Å². The van der Waals surface area contributed by atoms with Crippen molar-refractivity contribution < 1.29 is 19.3 Å². The van der Waals surface area contributed by atoms with E-state index in [0.717, 1.165) is 36.6 Å². The Morgan fingerprint density at radius 3 is 2.52 bits per heavy atom. The number of fused-ring (bicyclic) bond motifs is 1. The van der Waals surface area contributed by atoms with Crippen molar-refractivity contribution in [1.82, 2.24) is 14.6 Å². The van der Waals surface area contributed by atoms with Crippen molar-refractivity contribution in [1.29, 1.82) is 0 Å². The summed E-state index contributed by atoms with van der Waals surface area (Å²) in [5.74, 6) is 0.540.